The van der Waals surface area contributed by atoms with E-state index in [2.05, 4.69) is 4.98 Å². The number of nitrogens with zero attached hydrogens (tertiary/aromatic N) is 3. The first-order valence-electron chi connectivity index (χ1n) is 4.99. The standard InChI is InChI=1S/C11H7Cl2N5O/c12-6-2-1-5(3-7(6)13)18-10(16)9(15)8(4-14)17-11(18)19/h1-3H,15-16H2. The average molecular weight is 296 g/mol. The normalized spacial score (nSPS) is 10.2. The second-order valence-corrected chi connectivity index (χ2v) is 4.40. The lowest BCUT2D eigenvalue weighted by atomic mass is 10.3. The van der Waals surface area contributed by atoms with E-state index in [-0.39, 0.29) is 22.2 Å². The second kappa shape index (κ2) is 4.80. The van der Waals surface area contributed by atoms with Gasteiger partial charge in [0.15, 0.2) is 5.69 Å². The van der Waals surface area contributed by atoms with Gasteiger partial charge in [-0.15, -0.1) is 0 Å². The number of benzene rings is 1. The molecule has 0 aliphatic rings. The van der Waals surface area contributed by atoms with E-state index in [1.165, 1.54) is 12.1 Å². The van der Waals surface area contributed by atoms with Crippen LogP contribution in [0.1, 0.15) is 5.69 Å². The van der Waals surface area contributed by atoms with Crippen molar-refractivity contribution < 1.29 is 0 Å². The van der Waals surface area contributed by atoms with Crippen molar-refractivity contribution in [1.29, 1.82) is 5.26 Å². The minimum Gasteiger partial charge on any atom is -0.393 e. The van der Waals surface area contributed by atoms with Crippen LogP contribution in [0.5, 0.6) is 0 Å². The smallest absolute Gasteiger partial charge is 0.355 e. The van der Waals surface area contributed by atoms with Crippen molar-refractivity contribution in [2.75, 3.05) is 11.5 Å². The Kier molecular flexibility index (Phi) is 3.34. The molecule has 2 aromatic rings. The summed E-state index contributed by atoms with van der Waals surface area (Å²) in [6.07, 6.45) is 0. The van der Waals surface area contributed by atoms with Crippen LogP contribution < -0.4 is 17.2 Å². The van der Waals surface area contributed by atoms with Crippen LogP contribution in [0.3, 0.4) is 0 Å². The van der Waals surface area contributed by atoms with E-state index < -0.39 is 5.69 Å². The molecule has 19 heavy (non-hydrogen) atoms. The van der Waals surface area contributed by atoms with Gasteiger partial charge in [-0.2, -0.15) is 10.2 Å². The highest BCUT2D eigenvalue weighted by Crippen LogP contribution is 2.26. The van der Waals surface area contributed by atoms with Crippen molar-refractivity contribution in [2.24, 2.45) is 0 Å². The maximum Gasteiger partial charge on any atom is 0.355 e. The van der Waals surface area contributed by atoms with E-state index in [1.54, 1.807) is 12.1 Å². The van der Waals surface area contributed by atoms with Crippen molar-refractivity contribution in [3.05, 3.63) is 44.4 Å². The van der Waals surface area contributed by atoms with E-state index in [1.807, 2.05) is 0 Å². The molecule has 0 unspecified atom stereocenters. The highest BCUT2D eigenvalue weighted by atomic mass is 35.5. The Balaban J connectivity index is 2.77. The van der Waals surface area contributed by atoms with Crippen LogP contribution in [-0.4, -0.2) is 9.55 Å². The van der Waals surface area contributed by atoms with Gasteiger partial charge in [0.25, 0.3) is 0 Å². The van der Waals surface area contributed by atoms with Gasteiger partial charge in [0, 0.05) is 0 Å². The van der Waals surface area contributed by atoms with E-state index in [0.717, 1.165) is 4.57 Å². The van der Waals surface area contributed by atoms with Gasteiger partial charge in [0.1, 0.15) is 17.6 Å². The Morgan fingerprint density at radius 3 is 2.53 bits per heavy atom. The van der Waals surface area contributed by atoms with E-state index >= 15 is 0 Å². The van der Waals surface area contributed by atoms with Gasteiger partial charge >= 0.3 is 5.69 Å². The van der Waals surface area contributed by atoms with E-state index in [9.17, 15) is 4.79 Å². The third-order valence-corrected chi connectivity index (χ3v) is 3.18. The van der Waals surface area contributed by atoms with Crippen LogP contribution in [-0.2, 0) is 0 Å². The lowest BCUT2D eigenvalue weighted by molar-refractivity contribution is 0.922. The molecule has 0 amide bonds. The summed E-state index contributed by atoms with van der Waals surface area (Å²) in [7, 11) is 0. The molecule has 0 bridgehead atoms. The monoisotopic (exact) mass is 295 g/mol. The Labute approximate surface area is 117 Å². The fraction of sp³-hybridized carbons (Fsp3) is 0. The molecule has 0 spiro atoms. The summed E-state index contributed by atoms with van der Waals surface area (Å²) in [6.45, 7) is 0. The Hall–Kier alpha value is -2.23. The van der Waals surface area contributed by atoms with Gasteiger partial charge < -0.3 is 11.5 Å². The molecule has 0 saturated heterocycles. The molecule has 1 aromatic carbocycles. The molecule has 8 heteroatoms. The number of nitrogen functional groups attached to an aromatic ring is 2. The number of aromatic nitrogens is 2. The van der Waals surface area contributed by atoms with Gasteiger partial charge in [-0.3, -0.25) is 0 Å². The zero-order valence-corrected chi connectivity index (χ0v) is 10.9. The van der Waals surface area contributed by atoms with Gasteiger partial charge in [0.05, 0.1) is 15.7 Å². The van der Waals surface area contributed by atoms with Crippen LogP contribution in [0.2, 0.25) is 10.0 Å². The van der Waals surface area contributed by atoms with Crippen molar-refractivity contribution in [3.8, 4) is 11.8 Å². The molecule has 0 aliphatic carbocycles. The number of halogens is 2. The van der Waals surface area contributed by atoms with E-state index in [4.69, 9.17) is 39.9 Å². The maximum atomic E-state index is 11.9. The SMILES string of the molecule is N#Cc1nc(=O)n(-c2ccc(Cl)c(Cl)c2)c(N)c1N. The highest BCUT2D eigenvalue weighted by Gasteiger charge is 2.14. The summed E-state index contributed by atoms with van der Waals surface area (Å²) in [5.74, 6) is -0.0741. The number of hydrogen-bond acceptors (Lipinski definition) is 5. The zero-order valence-electron chi connectivity index (χ0n) is 9.39. The molecule has 1 aromatic heterocycles. The van der Waals surface area contributed by atoms with Crippen molar-refractivity contribution >= 4 is 34.7 Å². The van der Waals surface area contributed by atoms with Crippen LogP contribution in [0.25, 0.3) is 5.69 Å². The molecule has 0 atom stereocenters. The van der Waals surface area contributed by atoms with Crippen LogP contribution in [0, 0.1) is 11.3 Å². The fourth-order valence-corrected chi connectivity index (χ4v) is 1.80. The summed E-state index contributed by atoms with van der Waals surface area (Å²) in [5.41, 5.74) is 10.8. The summed E-state index contributed by atoms with van der Waals surface area (Å²) in [5, 5.41) is 9.37. The molecule has 0 saturated carbocycles. The Morgan fingerprint density at radius 1 is 1.26 bits per heavy atom. The minimum atomic E-state index is -0.721. The first-order chi connectivity index (χ1) is 8.95. The summed E-state index contributed by atoms with van der Waals surface area (Å²) in [6, 6.07) is 6.21. The number of anilines is 2. The highest BCUT2D eigenvalue weighted by molar-refractivity contribution is 6.42. The fourth-order valence-electron chi connectivity index (χ4n) is 1.51. The predicted octanol–water partition coefficient (Wildman–Crippen LogP) is 1.58. The molecule has 6 nitrogen and oxygen atoms in total. The molecule has 1 heterocycles. The average Bonchev–Trinajstić information content (AvgIpc) is 2.38. The quantitative estimate of drug-likeness (QED) is 0.829. The number of nitrogens with two attached hydrogens (primary N) is 2. The van der Waals surface area contributed by atoms with Gasteiger partial charge in [-0.05, 0) is 18.2 Å². The van der Waals surface area contributed by atoms with E-state index in [0.29, 0.717) is 10.7 Å². The molecule has 0 aliphatic heterocycles. The largest absolute Gasteiger partial charge is 0.393 e. The first kappa shape index (κ1) is 13.2. The van der Waals surface area contributed by atoms with Crippen molar-refractivity contribution in [2.45, 2.75) is 0 Å². The lowest BCUT2D eigenvalue weighted by Crippen LogP contribution is -2.26. The number of hydrogen-bond donors (Lipinski definition) is 2. The molecule has 2 rings (SSSR count). The van der Waals surface area contributed by atoms with Crippen LogP contribution in [0.4, 0.5) is 11.5 Å². The second-order valence-electron chi connectivity index (χ2n) is 3.59. The summed E-state index contributed by atoms with van der Waals surface area (Å²) in [4.78, 5) is 15.4. The lowest BCUT2D eigenvalue weighted by Gasteiger charge is -2.11. The van der Waals surface area contributed by atoms with Gasteiger partial charge in [-0.1, -0.05) is 23.2 Å². The minimum absolute atomic E-state index is 0.0619. The molecular weight excluding hydrogens is 289 g/mol. The number of rotatable bonds is 1. The first-order valence-corrected chi connectivity index (χ1v) is 5.75. The Morgan fingerprint density at radius 2 is 1.95 bits per heavy atom. The topological polar surface area (TPSA) is 111 Å². The van der Waals surface area contributed by atoms with Gasteiger partial charge in [-0.25, -0.2) is 9.36 Å². The summed E-state index contributed by atoms with van der Waals surface area (Å²) < 4.78 is 1.05. The molecular formula is C11H7Cl2N5O. The molecule has 0 radical (unpaired) electrons. The van der Waals surface area contributed by atoms with Crippen LogP contribution >= 0.6 is 23.2 Å². The predicted molar refractivity (Wildman–Crippen MR) is 73.4 cm³/mol. The molecule has 96 valence electrons. The molecule has 4 N–H and O–H groups in total. The third kappa shape index (κ3) is 2.21. The third-order valence-electron chi connectivity index (χ3n) is 2.44. The summed E-state index contributed by atoms with van der Waals surface area (Å²) >= 11 is 11.7. The van der Waals surface area contributed by atoms with Gasteiger partial charge in [0.2, 0.25) is 0 Å². The maximum absolute atomic E-state index is 11.9. The zero-order chi connectivity index (χ0) is 14.2. The van der Waals surface area contributed by atoms with Crippen LogP contribution in [0.15, 0.2) is 23.0 Å². The molecule has 0 fully saturated rings. The van der Waals surface area contributed by atoms with Crippen molar-refractivity contribution in [3.63, 3.8) is 0 Å². The van der Waals surface area contributed by atoms with Crippen molar-refractivity contribution in [1.82, 2.24) is 9.55 Å². The number of nitriles is 1. The Bertz CT molecular complexity index is 763.